The minimum absolute atomic E-state index is 0.300. The zero-order valence-corrected chi connectivity index (χ0v) is 13.2. The van der Waals surface area contributed by atoms with E-state index in [1.165, 1.54) is 14.0 Å². The van der Waals surface area contributed by atoms with Crippen LogP contribution in [0.5, 0.6) is 0 Å². The van der Waals surface area contributed by atoms with E-state index in [0.29, 0.717) is 6.61 Å². The molecule has 0 saturated carbocycles. The van der Waals surface area contributed by atoms with E-state index in [1.54, 1.807) is 0 Å². The number of hydrogen-bond acceptors (Lipinski definition) is 6. The zero-order valence-electron chi connectivity index (χ0n) is 13.2. The Hall–Kier alpha value is -1.51. The number of rotatable bonds is 6. The molecular weight excluding hydrogens is 302 g/mol. The van der Waals surface area contributed by atoms with Crippen molar-refractivity contribution in [1.82, 2.24) is 5.32 Å². The van der Waals surface area contributed by atoms with Crippen LogP contribution in [-0.2, 0) is 25.6 Å². The Morgan fingerprint density at radius 3 is 2.57 bits per heavy atom. The summed E-state index contributed by atoms with van der Waals surface area (Å²) in [4.78, 5) is 11.3. The van der Waals surface area contributed by atoms with Crippen LogP contribution in [0.1, 0.15) is 12.5 Å². The summed E-state index contributed by atoms with van der Waals surface area (Å²) < 4.78 is 16.6. The molecule has 23 heavy (non-hydrogen) atoms. The summed E-state index contributed by atoms with van der Waals surface area (Å²) in [7, 11) is 1.46. The SMILES string of the molecule is COC1C(NC(C)=O)C(O)OC(CO)C1OCc1ccccc1. The molecule has 1 heterocycles. The topological polar surface area (TPSA) is 97.3 Å². The van der Waals surface area contributed by atoms with Crippen LogP contribution in [0.3, 0.4) is 0 Å². The molecule has 1 saturated heterocycles. The highest BCUT2D eigenvalue weighted by Gasteiger charge is 2.46. The second-order valence-corrected chi connectivity index (χ2v) is 5.44. The number of aliphatic hydroxyl groups is 2. The number of carbonyl (C=O) groups is 1. The van der Waals surface area contributed by atoms with Crippen molar-refractivity contribution < 1.29 is 29.2 Å². The second-order valence-electron chi connectivity index (χ2n) is 5.44. The first-order valence-electron chi connectivity index (χ1n) is 7.46. The van der Waals surface area contributed by atoms with Crippen molar-refractivity contribution in [3.63, 3.8) is 0 Å². The summed E-state index contributed by atoms with van der Waals surface area (Å²) in [5.74, 6) is -0.316. The summed E-state index contributed by atoms with van der Waals surface area (Å²) in [6, 6.07) is 8.76. The number of ether oxygens (including phenoxy) is 3. The van der Waals surface area contributed by atoms with Crippen LogP contribution in [0.15, 0.2) is 30.3 Å². The molecule has 1 aliphatic rings. The molecule has 5 unspecified atom stereocenters. The minimum atomic E-state index is -1.28. The molecule has 0 spiro atoms. The van der Waals surface area contributed by atoms with E-state index < -0.39 is 30.6 Å². The third-order valence-electron chi connectivity index (χ3n) is 3.77. The van der Waals surface area contributed by atoms with Crippen molar-refractivity contribution in [2.75, 3.05) is 13.7 Å². The highest BCUT2D eigenvalue weighted by Crippen LogP contribution is 2.25. The van der Waals surface area contributed by atoms with Gasteiger partial charge in [0.05, 0.1) is 13.2 Å². The van der Waals surface area contributed by atoms with Gasteiger partial charge in [0.15, 0.2) is 6.29 Å². The molecule has 1 aromatic rings. The van der Waals surface area contributed by atoms with Crippen molar-refractivity contribution in [3.05, 3.63) is 35.9 Å². The molecule has 1 aliphatic heterocycles. The quantitative estimate of drug-likeness (QED) is 0.670. The maximum absolute atomic E-state index is 11.3. The molecule has 7 heteroatoms. The Kier molecular flexibility index (Phi) is 6.49. The fraction of sp³-hybridized carbons (Fsp3) is 0.562. The summed E-state index contributed by atoms with van der Waals surface area (Å²) in [5.41, 5.74) is 0.959. The predicted molar refractivity (Wildman–Crippen MR) is 81.4 cm³/mol. The summed E-state index contributed by atoms with van der Waals surface area (Å²) in [6.07, 6.45) is -3.31. The van der Waals surface area contributed by atoms with E-state index in [1.807, 2.05) is 30.3 Å². The number of aliphatic hydroxyl groups excluding tert-OH is 2. The van der Waals surface area contributed by atoms with E-state index in [0.717, 1.165) is 5.56 Å². The lowest BCUT2D eigenvalue weighted by Crippen LogP contribution is -2.65. The van der Waals surface area contributed by atoms with Crippen molar-refractivity contribution in [3.8, 4) is 0 Å². The molecule has 7 nitrogen and oxygen atoms in total. The van der Waals surface area contributed by atoms with Gasteiger partial charge in [0.25, 0.3) is 0 Å². The van der Waals surface area contributed by atoms with Gasteiger partial charge in [0.1, 0.15) is 24.4 Å². The van der Waals surface area contributed by atoms with E-state index in [9.17, 15) is 15.0 Å². The summed E-state index contributed by atoms with van der Waals surface area (Å²) in [5, 5.41) is 22.1. The van der Waals surface area contributed by atoms with Gasteiger partial charge in [-0.15, -0.1) is 0 Å². The van der Waals surface area contributed by atoms with Gasteiger partial charge in [0, 0.05) is 14.0 Å². The van der Waals surface area contributed by atoms with Crippen molar-refractivity contribution in [2.45, 2.75) is 44.2 Å². The highest BCUT2D eigenvalue weighted by molar-refractivity contribution is 5.73. The number of amides is 1. The van der Waals surface area contributed by atoms with Gasteiger partial charge >= 0.3 is 0 Å². The third kappa shape index (κ3) is 4.49. The van der Waals surface area contributed by atoms with E-state index >= 15 is 0 Å². The number of carbonyl (C=O) groups excluding carboxylic acids is 1. The average Bonchev–Trinajstić information content (AvgIpc) is 2.55. The summed E-state index contributed by atoms with van der Waals surface area (Å²) >= 11 is 0. The molecule has 5 atom stereocenters. The first kappa shape index (κ1) is 17.8. The second kappa shape index (κ2) is 8.37. The molecule has 0 radical (unpaired) electrons. The largest absolute Gasteiger partial charge is 0.394 e. The van der Waals surface area contributed by atoms with Crippen LogP contribution in [0, 0.1) is 0 Å². The van der Waals surface area contributed by atoms with Gasteiger partial charge in [0.2, 0.25) is 5.91 Å². The van der Waals surface area contributed by atoms with Gasteiger partial charge in [-0.1, -0.05) is 30.3 Å². The molecule has 1 aromatic carbocycles. The molecule has 1 amide bonds. The fourth-order valence-corrected chi connectivity index (χ4v) is 2.70. The highest BCUT2D eigenvalue weighted by atomic mass is 16.6. The lowest BCUT2D eigenvalue weighted by atomic mass is 9.96. The van der Waals surface area contributed by atoms with E-state index in [4.69, 9.17) is 14.2 Å². The predicted octanol–water partition coefficient (Wildman–Crippen LogP) is -0.199. The molecule has 0 aromatic heterocycles. The Morgan fingerprint density at radius 1 is 1.30 bits per heavy atom. The minimum Gasteiger partial charge on any atom is -0.394 e. The van der Waals surface area contributed by atoms with Crippen LogP contribution in [-0.4, -0.2) is 60.5 Å². The molecule has 128 valence electrons. The van der Waals surface area contributed by atoms with Gasteiger partial charge in [-0.2, -0.15) is 0 Å². The lowest BCUT2D eigenvalue weighted by Gasteiger charge is -2.43. The first-order valence-corrected chi connectivity index (χ1v) is 7.46. The molecular formula is C16H23NO6. The van der Waals surface area contributed by atoms with Gasteiger partial charge in [-0.3, -0.25) is 4.79 Å². The smallest absolute Gasteiger partial charge is 0.217 e. The molecule has 0 bridgehead atoms. The first-order chi connectivity index (χ1) is 11.1. The van der Waals surface area contributed by atoms with E-state index in [-0.39, 0.29) is 12.5 Å². The van der Waals surface area contributed by atoms with Crippen LogP contribution in [0.4, 0.5) is 0 Å². The zero-order chi connectivity index (χ0) is 16.8. The van der Waals surface area contributed by atoms with Crippen LogP contribution in [0.2, 0.25) is 0 Å². The van der Waals surface area contributed by atoms with Crippen LogP contribution >= 0.6 is 0 Å². The van der Waals surface area contributed by atoms with Crippen LogP contribution < -0.4 is 5.32 Å². The van der Waals surface area contributed by atoms with Crippen molar-refractivity contribution in [2.24, 2.45) is 0 Å². The Balaban J connectivity index is 2.12. The third-order valence-corrected chi connectivity index (χ3v) is 3.77. The van der Waals surface area contributed by atoms with Gasteiger partial charge in [-0.05, 0) is 5.56 Å². The molecule has 0 aliphatic carbocycles. The molecule has 3 N–H and O–H groups in total. The molecule has 1 fully saturated rings. The van der Waals surface area contributed by atoms with Crippen LogP contribution in [0.25, 0.3) is 0 Å². The number of methoxy groups -OCH3 is 1. The number of nitrogens with one attached hydrogen (secondary N) is 1. The maximum Gasteiger partial charge on any atom is 0.217 e. The Bertz CT molecular complexity index is 497. The number of benzene rings is 1. The fourth-order valence-electron chi connectivity index (χ4n) is 2.70. The standard InChI is InChI=1S/C16H23NO6/c1-10(19)17-13-15(21-2)14(12(8-18)23-16(13)20)22-9-11-6-4-3-5-7-11/h3-7,12-16,18,20H,8-9H2,1-2H3,(H,17,19). The van der Waals surface area contributed by atoms with Crippen molar-refractivity contribution in [1.29, 1.82) is 0 Å². The average molecular weight is 325 g/mol. The Labute approximate surface area is 135 Å². The van der Waals surface area contributed by atoms with Gasteiger partial charge in [-0.25, -0.2) is 0 Å². The maximum atomic E-state index is 11.3. The van der Waals surface area contributed by atoms with Crippen molar-refractivity contribution >= 4 is 5.91 Å². The van der Waals surface area contributed by atoms with E-state index in [2.05, 4.69) is 5.32 Å². The normalized spacial score (nSPS) is 30.9. The molecule has 2 rings (SSSR count). The monoisotopic (exact) mass is 325 g/mol. The lowest BCUT2D eigenvalue weighted by molar-refractivity contribution is -0.269. The van der Waals surface area contributed by atoms with Gasteiger partial charge < -0.3 is 29.7 Å². The number of hydrogen-bond donors (Lipinski definition) is 3. The summed E-state index contributed by atoms with van der Waals surface area (Å²) in [6.45, 7) is 1.31. The Morgan fingerprint density at radius 2 is 2.00 bits per heavy atom.